The largest absolute Gasteiger partial charge is 0.494 e. The highest BCUT2D eigenvalue weighted by molar-refractivity contribution is 6.30. The van der Waals surface area contributed by atoms with Crippen LogP contribution in [0.15, 0.2) is 66.7 Å². The van der Waals surface area contributed by atoms with Crippen LogP contribution in [0.1, 0.15) is 54.9 Å². The smallest absolute Gasteiger partial charge is 0.257 e. The van der Waals surface area contributed by atoms with E-state index in [1.54, 1.807) is 60.7 Å². The number of unbranched alkanes of at least 4 members (excludes halogenated alkanes) is 3. The van der Waals surface area contributed by atoms with E-state index in [0.717, 1.165) is 29.7 Å². The van der Waals surface area contributed by atoms with Gasteiger partial charge >= 0.3 is 0 Å². The molecule has 8 nitrogen and oxygen atoms in total. The number of rotatable bonds is 11. The lowest BCUT2D eigenvalue weighted by Gasteiger charge is -2.28. The van der Waals surface area contributed by atoms with Crippen LogP contribution < -0.4 is 19.1 Å². The van der Waals surface area contributed by atoms with E-state index in [0.29, 0.717) is 40.1 Å². The Morgan fingerprint density at radius 1 is 0.975 bits per heavy atom. The van der Waals surface area contributed by atoms with Crippen molar-refractivity contribution < 1.29 is 28.6 Å². The van der Waals surface area contributed by atoms with Crippen LogP contribution in [0.25, 0.3) is 0 Å². The minimum Gasteiger partial charge on any atom is -0.494 e. The van der Waals surface area contributed by atoms with E-state index in [9.17, 15) is 14.4 Å². The topological polar surface area (TPSA) is 85.4 Å². The molecule has 0 saturated carbocycles. The molecule has 0 radical (unpaired) electrons. The van der Waals surface area contributed by atoms with Crippen molar-refractivity contribution in [1.29, 1.82) is 0 Å². The second-order valence-electron chi connectivity index (χ2n) is 9.82. The zero-order valence-electron chi connectivity index (χ0n) is 22.3. The average molecular weight is 563 g/mol. The first-order chi connectivity index (χ1) is 19.4. The number of ether oxygens (including phenoxy) is 3. The molecule has 208 valence electrons. The molecule has 0 N–H and O–H groups in total. The molecule has 2 aliphatic rings. The van der Waals surface area contributed by atoms with E-state index in [1.165, 1.54) is 11.3 Å². The third-order valence-electron chi connectivity index (χ3n) is 7.00. The summed E-state index contributed by atoms with van der Waals surface area (Å²) in [6, 6.07) is 17.8. The van der Waals surface area contributed by atoms with Gasteiger partial charge in [0.05, 0.1) is 18.7 Å². The molecule has 9 heteroatoms. The minimum atomic E-state index is -0.976. The van der Waals surface area contributed by atoms with Gasteiger partial charge in [0.15, 0.2) is 11.5 Å². The Morgan fingerprint density at radius 3 is 2.48 bits per heavy atom. The molecule has 40 heavy (non-hydrogen) atoms. The first-order valence-electron chi connectivity index (χ1n) is 13.5. The van der Waals surface area contributed by atoms with Gasteiger partial charge in [-0.15, -0.1) is 0 Å². The van der Waals surface area contributed by atoms with Gasteiger partial charge < -0.3 is 19.1 Å². The van der Waals surface area contributed by atoms with Gasteiger partial charge in [-0.05, 0) is 72.6 Å². The van der Waals surface area contributed by atoms with E-state index >= 15 is 0 Å². The average Bonchev–Trinajstić information content (AvgIpc) is 3.55. The molecular weight excluding hydrogens is 532 g/mol. The maximum Gasteiger partial charge on any atom is 0.257 e. The number of hydrogen-bond acceptors (Lipinski definition) is 6. The Kier molecular flexibility index (Phi) is 8.55. The van der Waals surface area contributed by atoms with Crippen LogP contribution in [0.5, 0.6) is 17.2 Å². The number of benzene rings is 3. The molecule has 0 unspecified atom stereocenters. The summed E-state index contributed by atoms with van der Waals surface area (Å²) < 4.78 is 16.7. The van der Waals surface area contributed by atoms with Crippen molar-refractivity contribution in [1.82, 2.24) is 4.90 Å². The Balaban J connectivity index is 1.36. The van der Waals surface area contributed by atoms with E-state index in [-0.39, 0.29) is 31.6 Å². The molecule has 2 aliphatic heterocycles. The van der Waals surface area contributed by atoms with Crippen molar-refractivity contribution in [2.24, 2.45) is 0 Å². The molecule has 2 heterocycles. The molecule has 3 aromatic carbocycles. The zero-order chi connectivity index (χ0) is 28.1. The number of halogens is 1. The minimum absolute atomic E-state index is 0.0977. The number of carbonyl (C=O) groups is 3. The molecule has 0 aromatic heterocycles. The van der Waals surface area contributed by atoms with Gasteiger partial charge in [-0.3, -0.25) is 14.4 Å². The van der Waals surface area contributed by atoms with Crippen molar-refractivity contribution in [3.8, 4) is 17.2 Å². The standard InChI is InChI=1S/C31H31ClN2O6/c1-2-3-4-5-16-38-25-13-11-24(12-14-25)34-29(35)18-26(31(34)37)33(30(36)22-7-9-23(32)10-8-22)19-21-6-15-27-28(17-21)40-20-39-27/h6-15,17,26H,2-5,16,18-20H2,1H3/t26-/m1/s1. The Morgan fingerprint density at radius 2 is 1.73 bits per heavy atom. The quantitative estimate of drug-likeness (QED) is 0.210. The van der Waals surface area contributed by atoms with Gasteiger partial charge in [0.2, 0.25) is 12.7 Å². The maximum absolute atomic E-state index is 13.7. The Labute approximate surface area is 238 Å². The number of imide groups is 1. The highest BCUT2D eigenvalue weighted by Gasteiger charge is 2.44. The summed E-state index contributed by atoms with van der Waals surface area (Å²) >= 11 is 6.03. The van der Waals surface area contributed by atoms with Crippen LogP contribution in [0.3, 0.4) is 0 Å². The SMILES string of the molecule is CCCCCCOc1ccc(N2C(=O)C[C@@H](N(Cc3ccc4c(c3)OCO4)C(=O)c3ccc(Cl)cc3)C2=O)cc1. The lowest BCUT2D eigenvalue weighted by Crippen LogP contribution is -2.45. The number of amides is 3. The summed E-state index contributed by atoms with van der Waals surface area (Å²) in [6.07, 6.45) is 4.30. The van der Waals surface area contributed by atoms with E-state index < -0.39 is 11.9 Å². The van der Waals surface area contributed by atoms with Crippen LogP contribution in [0.4, 0.5) is 5.69 Å². The first kappa shape index (κ1) is 27.5. The number of anilines is 1. The first-order valence-corrected chi connectivity index (χ1v) is 13.9. The second kappa shape index (κ2) is 12.4. The van der Waals surface area contributed by atoms with Crippen molar-refractivity contribution in [2.75, 3.05) is 18.3 Å². The second-order valence-corrected chi connectivity index (χ2v) is 10.3. The molecule has 1 fully saturated rings. The summed E-state index contributed by atoms with van der Waals surface area (Å²) in [4.78, 5) is 43.2. The van der Waals surface area contributed by atoms with Crippen molar-refractivity contribution in [3.05, 3.63) is 82.9 Å². The molecule has 0 aliphatic carbocycles. The van der Waals surface area contributed by atoms with Crippen LogP contribution >= 0.6 is 11.6 Å². The number of carbonyl (C=O) groups excluding carboxylic acids is 3. The lowest BCUT2D eigenvalue weighted by molar-refractivity contribution is -0.122. The highest BCUT2D eigenvalue weighted by Crippen LogP contribution is 2.34. The van der Waals surface area contributed by atoms with Crippen molar-refractivity contribution >= 4 is 35.0 Å². The van der Waals surface area contributed by atoms with E-state index in [2.05, 4.69) is 6.92 Å². The molecular formula is C31H31ClN2O6. The van der Waals surface area contributed by atoms with Gasteiger partial charge in [-0.25, -0.2) is 4.90 Å². The fourth-order valence-electron chi connectivity index (χ4n) is 4.86. The van der Waals surface area contributed by atoms with Gasteiger partial charge in [0, 0.05) is 17.1 Å². The van der Waals surface area contributed by atoms with Gasteiger partial charge in [-0.1, -0.05) is 43.9 Å². The zero-order valence-corrected chi connectivity index (χ0v) is 23.1. The van der Waals surface area contributed by atoms with Crippen LogP contribution in [-0.4, -0.2) is 42.1 Å². The summed E-state index contributed by atoms with van der Waals surface area (Å²) in [5.41, 5.74) is 1.55. The summed E-state index contributed by atoms with van der Waals surface area (Å²) in [6.45, 7) is 3.00. The van der Waals surface area contributed by atoms with Crippen LogP contribution in [0, 0.1) is 0 Å². The monoisotopic (exact) mass is 562 g/mol. The number of fused-ring (bicyclic) bond motifs is 1. The third kappa shape index (κ3) is 6.07. The van der Waals surface area contributed by atoms with Gasteiger partial charge in [0.25, 0.3) is 11.8 Å². The van der Waals surface area contributed by atoms with E-state index in [4.69, 9.17) is 25.8 Å². The maximum atomic E-state index is 13.7. The molecule has 3 aromatic rings. The summed E-state index contributed by atoms with van der Waals surface area (Å²) in [5.74, 6) is 0.655. The highest BCUT2D eigenvalue weighted by atomic mass is 35.5. The van der Waals surface area contributed by atoms with Crippen molar-refractivity contribution in [3.63, 3.8) is 0 Å². The predicted octanol–water partition coefficient (Wildman–Crippen LogP) is 6.00. The Hall–Kier alpha value is -4.04. The lowest BCUT2D eigenvalue weighted by atomic mass is 10.1. The molecule has 5 rings (SSSR count). The van der Waals surface area contributed by atoms with Crippen LogP contribution in [0.2, 0.25) is 5.02 Å². The Bertz CT molecular complexity index is 1380. The summed E-state index contributed by atoms with van der Waals surface area (Å²) in [7, 11) is 0. The third-order valence-corrected chi connectivity index (χ3v) is 7.25. The molecule has 1 saturated heterocycles. The number of hydrogen-bond donors (Lipinski definition) is 0. The fourth-order valence-corrected chi connectivity index (χ4v) is 4.98. The molecule has 1 atom stereocenters. The molecule has 0 spiro atoms. The van der Waals surface area contributed by atoms with Crippen LogP contribution in [-0.2, 0) is 16.1 Å². The van der Waals surface area contributed by atoms with Gasteiger partial charge in [0.1, 0.15) is 11.8 Å². The molecule has 3 amide bonds. The molecule has 0 bridgehead atoms. The fraction of sp³-hybridized carbons (Fsp3) is 0.323. The summed E-state index contributed by atoms with van der Waals surface area (Å²) in [5, 5.41) is 0.491. The van der Waals surface area contributed by atoms with Gasteiger partial charge in [-0.2, -0.15) is 0 Å². The number of nitrogens with zero attached hydrogens (tertiary/aromatic N) is 2. The predicted molar refractivity (Wildman–Crippen MR) is 151 cm³/mol. The van der Waals surface area contributed by atoms with E-state index in [1.807, 2.05) is 6.07 Å². The van der Waals surface area contributed by atoms with Crippen molar-refractivity contribution in [2.45, 2.75) is 51.6 Å². The normalized spacial score (nSPS) is 15.9.